The number of aromatic nitrogens is 5. The van der Waals surface area contributed by atoms with Crippen LogP contribution in [0.2, 0.25) is 0 Å². The summed E-state index contributed by atoms with van der Waals surface area (Å²) in [5.74, 6) is -2.02. The van der Waals surface area contributed by atoms with Crippen molar-refractivity contribution < 1.29 is 23.1 Å². The summed E-state index contributed by atoms with van der Waals surface area (Å²) in [4.78, 5) is 46.9. The summed E-state index contributed by atoms with van der Waals surface area (Å²) in [7, 11) is -2.54. The van der Waals surface area contributed by atoms with Gasteiger partial charge in [0.2, 0.25) is 16.0 Å². The van der Waals surface area contributed by atoms with E-state index in [9.17, 15) is 27.9 Å². The maximum absolute atomic E-state index is 13.1. The van der Waals surface area contributed by atoms with Crippen LogP contribution in [-0.2, 0) is 34.7 Å². The molecule has 2 aromatic carbocycles. The Hall–Kier alpha value is -5.15. The number of amides is 1. The van der Waals surface area contributed by atoms with E-state index >= 15 is 0 Å². The number of pyridine rings is 1. The Bertz CT molecular complexity index is 2000. The lowest BCUT2D eigenvalue weighted by Gasteiger charge is -2.16. The van der Waals surface area contributed by atoms with Crippen molar-refractivity contribution in [2.75, 3.05) is 12.3 Å². The van der Waals surface area contributed by atoms with Gasteiger partial charge in [-0.25, -0.2) is 13.4 Å². The number of fused-ring (bicyclic) bond motifs is 2. The van der Waals surface area contributed by atoms with Crippen LogP contribution in [0.1, 0.15) is 21.7 Å². The molecule has 14 nitrogen and oxygen atoms in total. The van der Waals surface area contributed by atoms with Gasteiger partial charge in [-0.05, 0) is 37.1 Å². The van der Waals surface area contributed by atoms with Crippen LogP contribution in [0.4, 0.5) is 5.95 Å². The Morgan fingerprint density at radius 3 is 2.69 bits per heavy atom. The molecule has 0 saturated heterocycles. The number of carboxylic acids is 1. The molecule has 1 atom stereocenters. The van der Waals surface area contributed by atoms with E-state index in [1.54, 1.807) is 36.0 Å². The number of carboxylic acid groups (broad SMARTS) is 1. The van der Waals surface area contributed by atoms with Crippen molar-refractivity contribution >= 4 is 49.5 Å². The predicted octanol–water partition coefficient (Wildman–Crippen LogP) is 0.734. The Kier molecular flexibility index (Phi) is 7.69. The highest BCUT2D eigenvalue weighted by Crippen LogP contribution is 2.23. The van der Waals surface area contributed by atoms with E-state index in [4.69, 9.17) is 5.73 Å². The molecule has 5 aromatic rings. The van der Waals surface area contributed by atoms with Gasteiger partial charge in [-0.1, -0.05) is 18.2 Å². The largest absolute Gasteiger partial charge is 0.480 e. The Morgan fingerprint density at radius 2 is 1.93 bits per heavy atom. The monoisotopic (exact) mass is 590 g/mol. The number of sulfonamides is 1. The molecule has 15 heteroatoms. The van der Waals surface area contributed by atoms with Gasteiger partial charge in [0, 0.05) is 53.8 Å². The molecule has 3 aromatic heterocycles. The minimum Gasteiger partial charge on any atom is -0.480 e. The number of H-pyrrole nitrogens is 1. The second-order valence-corrected chi connectivity index (χ2v) is 11.2. The van der Waals surface area contributed by atoms with Crippen LogP contribution in [0.15, 0.2) is 70.6 Å². The number of rotatable bonds is 10. The summed E-state index contributed by atoms with van der Waals surface area (Å²) >= 11 is 0. The zero-order valence-electron chi connectivity index (χ0n) is 22.2. The topological polar surface area (TPSA) is 215 Å². The fourth-order valence-electron chi connectivity index (χ4n) is 4.62. The smallest absolute Gasteiger partial charge is 0.323 e. The van der Waals surface area contributed by atoms with Gasteiger partial charge >= 0.3 is 5.97 Å². The lowest BCUT2D eigenvalue weighted by Crippen LogP contribution is -2.48. The molecule has 0 aliphatic heterocycles. The number of nitrogens with two attached hydrogens (primary N) is 1. The number of benzene rings is 2. The van der Waals surface area contributed by atoms with Gasteiger partial charge in [0.1, 0.15) is 6.04 Å². The lowest BCUT2D eigenvalue weighted by atomic mass is 10.1. The molecule has 0 fully saturated rings. The molecular formula is C27H26N8O6S. The Morgan fingerprint density at radius 1 is 1.12 bits per heavy atom. The van der Waals surface area contributed by atoms with Crippen molar-refractivity contribution in [2.24, 2.45) is 7.05 Å². The lowest BCUT2D eigenvalue weighted by molar-refractivity contribution is -0.138. The van der Waals surface area contributed by atoms with Crippen LogP contribution in [0.3, 0.4) is 0 Å². The van der Waals surface area contributed by atoms with Crippen LogP contribution in [-0.4, -0.2) is 62.7 Å². The average molecular weight is 591 g/mol. The molecule has 5 rings (SSSR count). The van der Waals surface area contributed by atoms with Crippen molar-refractivity contribution in [1.29, 1.82) is 0 Å². The van der Waals surface area contributed by atoms with Crippen molar-refractivity contribution in [3.63, 3.8) is 0 Å². The first-order valence-corrected chi connectivity index (χ1v) is 14.2. The van der Waals surface area contributed by atoms with Gasteiger partial charge in [-0.3, -0.25) is 29.0 Å². The molecular weight excluding hydrogens is 564 g/mol. The average Bonchev–Trinajstić information content (AvgIpc) is 3.27. The van der Waals surface area contributed by atoms with E-state index in [-0.39, 0.29) is 22.0 Å². The number of anilines is 1. The summed E-state index contributed by atoms with van der Waals surface area (Å²) in [6.45, 7) is -0.499. The second kappa shape index (κ2) is 11.4. The second-order valence-electron chi connectivity index (χ2n) is 9.50. The third-order valence-corrected chi connectivity index (χ3v) is 8.14. The van der Waals surface area contributed by atoms with E-state index in [0.717, 1.165) is 11.1 Å². The van der Waals surface area contributed by atoms with Gasteiger partial charge in [-0.15, -0.1) is 0 Å². The number of carbonyl (C=O) groups excluding carboxylic acids is 1. The number of hydrogen-bond acceptors (Lipinski definition) is 9. The summed E-state index contributed by atoms with van der Waals surface area (Å²) in [5, 5.41) is 18.5. The maximum atomic E-state index is 13.1. The van der Waals surface area contributed by atoms with Gasteiger partial charge in [0.25, 0.3) is 11.5 Å². The van der Waals surface area contributed by atoms with E-state index in [1.807, 2.05) is 0 Å². The first-order valence-electron chi connectivity index (χ1n) is 12.7. The summed E-state index contributed by atoms with van der Waals surface area (Å²) in [6, 6.07) is 10.7. The highest BCUT2D eigenvalue weighted by atomic mass is 32.2. The van der Waals surface area contributed by atoms with Crippen molar-refractivity contribution in [3.05, 3.63) is 88.2 Å². The number of hydrogen-bond donors (Lipinski definition) is 5. The number of nitrogens with one attached hydrogen (secondary N) is 3. The first kappa shape index (κ1) is 28.4. The number of aliphatic carboxylic acids is 1. The predicted molar refractivity (Wildman–Crippen MR) is 153 cm³/mol. The third kappa shape index (κ3) is 5.96. The third-order valence-electron chi connectivity index (χ3n) is 6.61. The van der Waals surface area contributed by atoms with Gasteiger partial charge in [0.15, 0.2) is 0 Å². The van der Waals surface area contributed by atoms with Crippen molar-refractivity contribution in [1.82, 2.24) is 34.8 Å². The molecule has 0 radical (unpaired) electrons. The molecule has 0 saturated carbocycles. The van der Waals surface area contributed by atoms with Crippen molar-refractivity contribution in [3.8, 4) is 0 Å². The van der Waals surface area contributed by atoms with Crippen LogP contribution in [0.25, 0.3) is 21.7 Å². The minimum atomic E-state index is -4.26. The van der Waals surface area contributed by atoms with Crippen LogP contribution in [0.5, 0.6) is 0 Å². The van der Waals surface area contributed by atoms with Crippen LogP contribution in [0, 0.1) is 0 Å². The highest BCUT2D eigenvalue weighted by Gasteiger charge is 2.27. The molecule has 3 heterocycles. The standard InChI is InChI=1S/C27H26N8O6S/c1-35-22-11-15(5-7-19(22)20(33-35)8-6-17-12-24(36)32-27(28)31-17)25(37)30-14-21(26(38)39)34-42(40,41)23-4-2-3-16-13-29-10-9-18(16)23/h2-5,7,9-13,21,34H,6,8,14H2,1H3,(H,30,37)(H,38,39)(H3,28,31,32,36)/t21-/m0/s1. The Balaban J connectivity index is 1.29. The van der Waals surface area contributed by atoms with Crippen molar-refractivity contribution in [2.45, 2.75) is 23.8 Å². The molecule has 216 valence electrons. The molecule has 0 aliphatic rings. The molecule has 0 spiro atoms. The minimum absolute atomic E-state index is 0.0306. The van der Waals surface area contributed by atoms with Gasteiger partial charge in [0.05, 0.1) is 21.8 Å². The van der Waals surface area contributed by atoms with Gasteiger partial charge in [-0.2, -0.15) is 9.82 Å². The molecule has 42 heavy (non-hydrogen) atoms. The number of carbonyl (C=O) groups is 2. The fraction of sp³-hybridized carbons (Fsp3) is 0.185. The summed E-state index contributed by atoms with van der Waals surface area (Å²) in [5.41, 5.74) is 7.40. The summed E-state index contributed by atoms with van der Waals surface area (Å²) in [6.07, 6.45) is 3.83. The normalized spacial score (nSPS) is 12.4. The van der Waals surface area contributed by atoms with E-state index in [2.05, 4.69) is 30.1 Å². The first-order chi connectivity index (χ1) is 20.0. The van der Waals surface area contributed by atoms with E-state index in [0.29, 0.717) is 34.8 Å². The fourth-order valence-corrected chi connectivity index (χ4v) is 6.03. The molecule has 0 unspecified atom stereocenters. The zero-order chi connectivity index (χ0) is 30.0. The number of aryl methyl sites for hydroxylation is 3. The maximum Gasteiger partial charge on any atom is 0.323 e. The molecule has 1 amide bonds. The van der Waals surface area contributed by atoms with Gasteiger partial charge < -0.3 is 16.2 Å². The Labute approximate surface area is 238 Å². The van der Waals surface area contributed by atoms with E-state index < -0.39 is 34.5 Å². The van der Waals surface area contributed by atoms with Crippen LogP contribution < -0.4 is 21.3 Å². The molecule has 0 aliphatic carbocycles. The number of nitrogens with zero attached hydrogens (tertiary/aromatic N) is 4. The summed E-state index contributed by atoms with van der Waals surface area (Å²) < 4.78 is 30.0. The quantitative estimate of drug-likeness (QED) is 0.154. The SMILES string of the molecule is Cn1nc(CCc2cc(=O)[nH]c(N)n2)c2ccc(C(=O)NC[C@H](NS(=O)(=O)c3cccc4cnccc34)C(=O)O)cc21. The van der Waals surface area contributed by atoms with Crippen LogP contribution >= 0.6 is 0 Å². The highest BCUT2D eigenvalue weighted by molar-refractivity contribution is 7.89. The molecule has 6 N–H and O–H groups in total. The number of nitrogen functional groups attached to an aromatic ring is 1. The zero-order valence-corrected chi connectivity index (χ0v) is 23.1. The number of aromatic amines is 1. The van der Waals surface area contributed by atoms with E-state index in [1.165, 1.54) is 36.7 Å². The molecule has 0 bridgehead atoms.